The van der Waals surface area contributed by atoms with E-state index in [1.54, 1.807) is 0 Å². The van der Waals surface area contributed by atoms with Crippen LogP contribution in [0.5, 0.6) is 0 Å². The summed E-state index contributed by atoms with van der Waals surface area (Å²) in [7, 11) is 0. The molecule has 1 aliphatic heterocycles. The Hall–Kier alpha value is -0.0800. The van der Waals surface area contributed by atoms with Crippen molar-refractivity contribution in [2.45, 2.75) is 71.4 Å². The van der Waals surface area contributed by atoms with Crippen LogP contribution in [-0.4, -0.2) is 36.6 Å². The van der Waals surface area contributed by atoms with E-state index in [2.05, 4.69) is 31.0 Å². The van der Waals surface area contributed by atoms with E-state index >= 15 is 0 Å². The van der Waals surface area contributed by atoms with Gasteiger partial charge in [0, 0.05) is 18.6 Å². The van der Waals surface area contributed by atoms with E-state index < -0.39 is 0 Å². The van der Waals surface area contributed by atoms with Crippen molar-refractivity contribution in [1.82, 2.24) is 10.2 Å². The zero-order chi connectivity index (χ0) is 13.0. The number of piperidine rings is 1. The van der Waals surface area contributed by atoms with Gasteiger partial charge in [0.05, 0.1) is 0 Å². The van der Waals surface area contributed by atoms with Crippen LogP contribution >= 0.6 is 0 Å². The van der Waals surface area contributed by atoms with E-state index in [1.807, 2.05) is 0 Å². The fourth-order valence-electron chi connectivity index (χ4n) is 3.93. The van der Waals surface area contributed by atoms with Crippen molar-refractivity contribution < 1.29 is 0 Å². The van der Waals surface area contributed by atoms with Crippen LogP contribution in [0.2, 0.25) is 0 Å². The first-order chi connectivity index (χ1) is 8.72. The van der Waals surface area contributed by atoms with E-state index in [4.69, 9.17) is 0 Å². The molecule has 106 valence electrons. The average molecular weight is 252 g/mol. The lowest BCUT2D eigenvalue weighted by Gasteiger charge is -2.43. The maximum absolute atomic E-state index is 3.71. The summed E-state index contributed by atoms with van der Waals surface area (Å²) in [5, 5.41) is 3.71. The molecule has 1 aliphatic carbocycles. The summed E-state index contributed by atoms with van der Waals surface area (Å²) in [6, 6.07) is 1.59. The van der Waals surface area contributed by atoms with Gasteiger partial charge in [-0.15, -0.1) is 0 Å². The van der Waals surface area contributed by atoms with Crippen molar-refractivity contribution in [2.24, 2.45) is 11.8 Å². The fraction of sp³-hybridized carbons (Fsp3) is 1.00. The Morgan fingerprint density at radius 3 is 2.56 bits per heavy atom. The van der Waals surface area contributed by atoms with Gasteiger partial charge in [0.1, 0.15) is 0 Å². The van der Waals surface area contributed by atoms with Crippen molar-refractivity contribution in [3.05, 3.63) is 0 Å². The van der Waals surface area contributed by atoms with Crippen molar-refractivity contribution >= 4 is 0 Å². The number of nitrogens with one attached hydrogen (secondary N) is 1. The molecular formula is C16H32N2. The number of hydrogen-bond donors (Lipinski definition) is 1. The zero-order valence-corrected chi connectivity index (χ0v) is 12.6. The molecule has 1 N–H and O–H groups in total. The summed E-state index contributed by atoms with van der Waals surface area (Å²) >= 11 is 0. The van der Waals surface area contributed by atoms with Gasteiger partial charge in [-0.2, -0.15) is 0 Å². The molecule has 1 saturated carbocycles. The largest absolute Gasteiger partial charge is 0.313 e. The van der Waals surface area contributed by atoms with Crippen LogP contribution in [0.3, 0.4) is 0 Å². The molecule has 0 bridgehead atoms. The molecule has 0 spiro atoms. The summed E-state index contributed by atoms with van der Waals surface area (Å²) in [6.45, 7) is 11.0. The summed E-state index contributed by atoms with van der Waals surface area (Å²) in [5.41, 5.74) is 0. The Labute approximate surface area is 114 Å². The van der Waals surface area contributed by atoms with Gasteiger partial charge in [-0.25, -0.2) is 0 Å². The third kappa shape index (κ3) is 3.48. The first kappa shape index (κ1) is 14.3. The highest BCUT2D eigenvalue weighted by Crippen LogP contribution is 2.33. The normalized spacial score (nSPS) is 38.0. The Kier molecular flexibility index (Phi) is 5.50. The molecule has 0 amide bonds. The van der Waals surface area contributed by atoms with Crippen molar-refractivity contribution in [3.63, 3.8) is 0 Å². The van der Waals surface area contributed by atoms with Crippen LogP contribution in [0.15, 0.2) is 0 Å². The summed E-state index contributed by atoms with van der Waals surface area (Å²) in [6.07, 6.45) is 8.48. The van der Waals surface area contributed by atoms with Gasteiger partial charge in [0.25, 0.3) is 0 Å². The van der Waals surface area contributed by atoms with E-state index in [0.29, 0.717) is 0 Å². The van der Waals surface area contributed by atoms with Gasteiger partial charge in [-0.1, -0.05) is 40.0 Å². The van der Waals surface area contributed by atoms with Gasteiger partial charge in [-0.05, 0) is 44.2 Å². The van der Waals surface area contributed by atoms with E-state index in [9.17, 15) is 0 Å². The van der Waals surface area contributed by atoms with Gasteiger partial charge in [-0.3, -0.25) is 4.90 Å². The van der Waals surface area contributed by atoms with Gasteiger partial charge < -0.3 is 5.32 Å². The Morgan fingerprint density at radius 2 is 1.89 bits per heavy atom. The van der Waals surface area contributed by atoms with Crippen LogP contribution in [-0.2, 0) is 0 Å². The lowest BCUT2D eigenvalue weighted by molar-refractivity contribution is 0.0740. The summed E-state index contributed by atoms with van der Waals surface area (Å²) < 4.78 is 0. The topological polar surface area (TPSA) is 15.3 Å². The molecule has 0 aromatic rings. The number of rotatable bonds is 4. The van der Waals surface area contributed by atoms with Crippen LogP contribution < -0.4 is 5.32 Å². The fourth-order valence-corrected chi connectivity index (χ4v) is 3.93. The van der Waals surface area contributed by atoms with E-state index in [-0.39, 0.29) is 0 Å². The molecular weight excluding hydrogens is 220 g/mol. The molecule has 0 radical (unpaired) electrons. The quantitative estimate of drug-likeness (QED) is 0.826. The molecule has 2 rings (SSSR count). The van der Waals surface area contributed by atoms with E-state index in [0.717, 1.165) is 23.9 Å². The maximum atomic E-state index is 3.71. The second kappa shape index (κ2) is 6.91. The van der Waals surface area contributed by atoms with Gasteiger partial charge >= 0.3 is 0 Å². The second-order valence-corrected chi connectivity index (χ2v) is 6.57. The van der Waals surface area contributed by atoms with Crippen molar-refractivity contribution in [3.8, 4) is 0 Å². The maximum Gasteiger partial charge on any atom is 0.0195 e. The first-order valence-electron chi connectivity index (χ1n) is 8.19. The van der Waals surface area contributed by atoms with Gasteiger partial charge in [0.2, 0.25) is 0 Å². The molecule has 1 heterocycles. The molecule has 4 atom stereocenters. The monoisotopic (exact) mass is 252 g/mol. The summed E-state index contributed by atoms with van der Waals surface area (Å²) in [4.78, 5) is 2.77. The highest BCUT2D eigenvalue weighted by Gasteiger charge is 2.31. The molecule has 2 aliphatic rings. The molecule has 2 nitrogen and oxygen atoms in total. The molecule has 2 fully saturated rings. The van der Waals surface area contributed by atoms with Crippen LogP contribution in [0.1, 0.15) is 59.3 Å². The average Bonchev–Trinajstić information content (AvgIpc) is 2.41. The molecule has 18 heavy (non-hydrogen) atoms. The molecule has 0 aromatic heterocycles. The third-order valence-electron chi connectivity index (χ3n) is 5.41. The smallest absolute Gasteiger partial charge is 0.0195 e. The lowest BCUT2D eigenvalue weighted by atomic mass is 9.77. The molecule has 2 heteroatoms. The highest BCUT2D eigenvalue weighted by atomic mass is 15.2. The molecule has 4 unspecified atom stereocenters. The number of likely N-dealkylation sites (N-methyl/N-ethyl adjacent to an activating group) is 1. The molecule has 1 saturated heterocycles. The second-order valence-electron chi connectivity index (χ2n) is 6.57. The van der Waals surface area contributed by atoms with Crippen LogP contribution in [0.25, 0.3) is 0 Å². The van der Waals surface area contributed by atoms with Gasteiger partial charge in [0.15, 0.2) is 0 Å². The standard InChI is InChI=1S/C16H32N2/c1-4-18(12-15-9-5-6-11-17-15)16-10-7-8-13(2)14(16)3/h13-17H,4-12H2,1-3H3. The minimum absolute atomic E-state index is 0.753. The minimum atomic E-state index is 0.753. The van der Waals surface area contributed by atoms with Crippen LogP contribution in [0, 0.1) is 11.8 Å². The Bertz CT molecular complexity index is 235. The Balaban J connectivity index is 1.90. The minimum Gasteiger partial charge on any atom is -0.313 e. The zero-order valence-electron chi connectivity index (χ0n) is 12.6. The first-order valence-corrected chi connectivity index (χ1v) is 8.19. The molecule has 0 aromatic carbocycles. The number of hydrogen-bond acceptors (Lipinski definition) is 2. The lowest BCUT2D eigenvalue weighted by Crippen LogP contribution is -2.50. The van der Waals surface area contributed by atoms with E-state index in [1.165, 1.54) is 58.2 Å². The summed E-state index contributed by atoms with van der Waals surface area (Å²) in [5.74, 6) is 1.79. The van der Waals surface area contributed by atoms with Crippen LogP contribution in [0.4, 0.5) is 0 Å². The SMILES string of the molecule is CCN(CC1CCCCN1)C1CCCC(C)C1C. The number of nitrogens with zero attached hydrogens (tertiary/aromatic N) is 1. The predicted molar refractivity (Wildman–Crippen MR) is 78.9 cm³/mol. The van der Waals surface area contributed by atoms with Crippen molar-refractivity contribution in [2.75, 3.05) is 19.6 Å². The Morgan fingerprint density at radius 1 is 1.06 bits per heavy atom. The highest BCUT2D eigenvalue weighted by molar-refractivity contribution is 4.86. The van der Waals surface area contributed by atoms with Crippen molar-refractivity contribution in [1.29, 1.82) is 0 Å². The predicted octanol–water partition coefficient (Wildman–Crippen LogP) is 3.28. The third-order valence-corrected chi connectivity index (χ3v) is 5.41.